The van der Waals surface area contributed by atoms with Crippen LogP contribution in [0.4, 0.5) is 0 Å². The number of amides is 1. The second kappa shape index (κ2) is 5.19. The molecule has 7 heteroatoms. The fraction of sp³-hybridized carbons (Fsp3) is 0.562. The molecule has 2 aromatic rings. The zero-order valence-electron chi connectivity index (χ0n) is 13.7. The Labute approximate surface area is 134 Å². The Morgan fingerprint density at radius 2 is 2.00 bits per heavy atom. The fourth-order valence-electron chi connectivity index (χ4n) is 3.50. The second-order valence-corrected chi connectivity index (χ2v) is 6.48. The van der Waals surface area contributed by atoms with Gasteiger partial charge in [-0.1, -0.05) is 0 Å². The summed E-state index contributed by atoms with van der Waals surface area (Å²) in [5.74, 6) is 3.58. The highest BCUT2D eigenvalue weighted by Gasteiger charge is 2.37. The lowest BCUT2D eigenvalue weighted by Gasteiger charge is -2.46. The van der Waals surface area contributed by atoms with Gasteiger partial charge in [0.1, 0.15) is 23.2 Å². The SMILES string of the molecule is Cc1cc(C(=O)N2CC(N3CCn4c(C)nnc4C3)C2)c(C)o1. The maximum Gasteiger partial charge on any atom is 0.257 e. The van der Waals surface area contributed by atoms with E-state index in [1.807, 2.05) is 31.7 Å². The van der Waals surface area contributed by atoms with Crippen LogP contribution in [-0.4, -0.2) is 56.1 Å². The molecule has 0 N–H and O–H groups in total. The van der Waals surface area contributed by atoms with E-state index in [-0.39, 0.29) is 5.91 Å². The van der Waals surface area contributed by atoms with Gasteiger partial charge in [-0.2, -0.15) is 0 Å². The Kier molecular flexibility index (Phi) is 3.26. The summed E-state index contributed by atoms with van der Waals surface area (Å²) >= 11 is 0. The van der Waals surface area contributed by atoms with Crippen LogP contribution in [0, 0.1) is 20.8 Å². The third-order valence-corrected chi connectivity index (χ3v) is 4.90. The summed E-state index contributed by atoms with van der Waals surface area (Å²) in [5.41, 5.74) is 0.690. The topological polar surface area (TPSA) is 67.4 Å². The molecule has 7 nitrogen and oxygen atoms in total. The highest BCUT2D eigenvalue weighted by molar-refractivity contribution is 5.95. The summed E-state index contributed by atoms with van der Waals surface area (Å²) in [4.78, 5) is 16.8. The normalized spacial score (nSPS) is 18.8. The first-order valence-corrected chi connectivity index (χ1v) is 8.02. The molecule has 4 heterocycles. The van der Waals surface area contributed by atoms with E-state index in [1.165, 1.54) is 0 Å². The number of hydrogen-bond acceptors (Lipinski definition) is 5. The number of carbonyl (C=O) groups is 1. The third kappa shape index (κ3) is 2.35. The van der Waals surface area contributed by atoms with Crippen LogP contribution in [0.25, 0.3) is 0 Å². The number of fused-ring (bicyclic) bond motifs is 1. The number of hydrogen-bond donors (Lipinski definition) is 0. The average molecular weight is 315 g/mol. The molecular weight excluding hydrogens is 294 g/mol. The zero-order valence-corrected chi connectivity index (χ0v) is 13.7. The smallest absolute Gasteiger partial charge is 0.257 e. The van der Waals surface area contributed by atoms with E-state index >= 15 is 0 Å². The van der Waals surface area contributed by atoms with Crippen molar-refractivity contribution in [2.24, 2.45) is 0 Å². The van der Waals surface area contributed by atoms with Crippen LogP contribution in [0.2, 0.25) is 0 Å². The van der Waals surface area contributed by atoms with Crippen molar-refractivity contribution in [1.82, 2.24) is 24.6 Å². The van der Waals surface area contributed by atoms with Gasteiger partial charge in [-0.15, -0.1) is 10.2 Å². The van der Waals surface area contributed by atoms with Crippen LogP contribution in [0.3, 0.4) is 0 Å². The number of carbonyl (C=O) groups excluding carboxylic acids is 1. The molecule has 0 aliphatic carbocycles. The van der Waals surface area contributed by atoms with Crippen molar-refractivity contribution in [3.05, 3.63) is 34.8 Å². The molecule has 1 amide bonds. The molecule has 1 saturated heterocycles. The Morgan fingerprint density at radius 1 is 1.22 bits per heavy atom. The number of aromatic nitrogens is 3. The molecule has 0 unspecified atom stereocenters. The van der Waals surface area contributed by atoms with E-state index < -0.39 is 0 Å². The van der Waals surface area contributed by atoms with Crippen molar-refractivity contribution >= 4 is 5.91 Å². The van der Waals surface area contributed by atoms with Crippen molar-refractivity contribution in [3.8, 4) is 0 Å². The third-order valence-electron chi connectivity index (χ3n) is 4.90. The first kappa shape index (κ1) is 14.4. The van der Waals surface area contributed by atoms with Gasteiger partial charge >= 0.3 is 0 Å². The molecule has 0 saturated carbocycles. The van der Waals surface area contributed by atoms with Gasteiger partial charge in [-0.05, 0) is 26.8 Å². The first-order valence-electron chi connectivity index (χ1n) is 8.02. The highest BCUT2D eigenvalue weighted by Crippen LogP contribution is 2.24. The van der Waals surface area contributed by atoms with E-state index in [2.05, 4.69) is 19.7 Å². The van der Waals surface area contributed by atoms with E-state index in [0.29, 0.717) is 17.4 Å². The van der Waals surface area contributed by atoms with Gasteiger partial charge in [-0.3, -0.25) is 9.69 Å². The van der Waals surface area contributed by atoms with Crippen LogP contribution in [0.15, 0.2) is 10.5 Å². The molecule has 0 bridgehead atoms. The lowest BCUT2D eigenvalue weighted by atomic mass is 10.0. The van der Waals surface area contributed by atoms with Crippen molar-refractivity contribution in [2.45, 2.75) is 39.9 Å². The monoisotopic (exact) mass is 315 g/mol. The molecule has 23 heavy (non-hydrogen) atoms. The number of rotatable bonds is 2. The molecule has 0 spiro atoms. The molecule has 0 aromatic carbocycles. The van der Waals surface area contributed by atoms with Crippen LogP contribution in [0.5, 0.6) is 0 Å². The minimum absolute atomic E-state index is 0.0756. The number of aryl methyl sites for hydroxylation is 3. The van der Waals surface area contributed by atoms with E-state index in [9.17, 15) is 4.79 Å². The molecule has 0 radical (unpaired) electrons. The number of nitrogens with zero attached hydrogens (tertiary/aromatic N) is 5. The van der Waals surface area contributed by atoms with Crippen molar-refractivity contribution in [1.29, 1.82) is 0 Å². The Hall–Kier alpha value is -2.15. The van der Waals surface area contributed by atoms with Gasteiger partial charge in [0.25, 0.3) is 5.91 Å². The maximum atomic E-state index is 12.5. The second-order valence-electron chi connectivity index (χ2n) is 6.48. The quantitative estimate of drug-likeness (QED) is 0.831. The lowest BCUT2D eigenvalue weighted by Crippen LogP contribution is -2.62. The molecule has 122 valence electrons. The Bertz CT molecular complexity index is 757. The average Bonchev–Trinajstić information content (AvgIpc) is 3.00. The first-order chi connectivity index (χ1) is 11.0. The van der Waals surface area contributed by atoms with Gasteiger partial charge in [0.2, 0.25) is 0 Å². The van der Waals surface area contributed by atoms with Crippen LogP contribution < -0.4 is 0 Å². The summed E-state index contributed by atoms with van der Waals surface area (Å²) in [6.45, 7) is 9.99. The van der Waals surface area contributed by atoms with Crippen molar-refractivity contribution in [3.63, 3.8) is 0 Å². The van der Waals surface area contributed by atoms with Crippen LogP contribution in [0.1, 0.15) is 33.5 Å². The molecule has 2 aliphatic rings. The Morgan fingerprint density at radius 3 is 2.70 bits per heavy atom. The van der Waals surface area contributed by atoms with Gasteiger partial charge in [0.05, 0.1) is 12.1 Å². The summed E-state index contributed by atoms with van der Waals surface area (Å²) in [5, 5.41) is 8.38. The molecule has 2 aliphatic heterocycles. The zero-order chi connectivity index (χ0) is 16.1. The molecule has 1 fully saturated rings. The molecule has 2 aromatic heterocycles. The minimum atomic E-state index is 0.0756. The van der Waals surface area contributed by atoms with Crippen molar-refractivity contribution in [2.75, 3.05) is 19.6 Å². The van der Waals surface area contributed by atoms with Gasteiger partial charge in [0.15, 0.2) is 0 Å². The van der Waals surface area contributed by atoms with E-state index in [0.717, 1.165) is 50.1 Å². The number of furan rings is 1. The molecule has 0 atom stereocenters. The minimum Gasteiger partial charge on any atom is -0.466 e. The van der Waals surface area contributed by atoms with Crippen molar-refractivity contribution < 1.29 is 9.21 Å². The van der Waals surface area contributed by atoms with Crippen LogP contribution >= 0.6 is 0 Å². The fourth-order valence-corrected chi connectivity index (χ4v) is 3.50. The summed E-state index contributed by atoms with van der Waals surface area (Å²) in [7, 11) is 0. The molecule has 4 rings (SSSR count). The lowest BCUT2D eigenvalue weighted by molar-refractivity contribution is 0.0165. The standard InChI is InChI=1S/C16H21N5O2/c1-10-6-14(11(2)23-10)16(22)20-7-13(8-20)19-4-5-21-12(3)17-18-15(21)9-19/h6,13H,4-5,7-9H2,1-3H3. The number of likely N-dealkylation sites (tertiary alicyclic amines) is 1. The highest BCUT2D eigenvalue weighted by atomic mass is 16.3. The van der Waals surface area contributed by atoms with E-state index in [4.69, 9.17) is 4.42 Å². The Balaban J connectivity index is 1.39. The predicted molar refractivity (Wildman–Crippen MR) is 83.0 cm³/mol. The summed E-state index contributed by atoms with van der Waals surface area (Å²) < 4.78 is 7.64. The molecular formula is C16H21N5O2. The van der Waals surface area contributed by atoms with Crippen LogP contribution in [-0.2, 0) is 13.1 Å². The van der Waals surface area contributed by atoms with Gasteiger partial charge < -0.3 is 13.9 Å². The maximum absolute atomic E-state index is 12.5. The van der Waals surface area contributed by atoms with E-state index in [1.54, 1.807) is 0 Å². The summed E-state index contributed by atoms with van der Waals surface area (Å²) in [6, 6.07) is 2.25. The van der Waals surface area contributed by atoms with Gasteiger partial charge in [-0.25, -0.2) is 0 Å². The summed E-state index contributed by atoms with van der Waals surface area (Å²) in [6.07, 6.45) is 0. The largest absolute Gasteiger partial charge is 0.466 e. The van der Waals surface area contributed by atoms with Gasteiger partial charge in [0, 0.05) is 32.2 Å². The predicted octanol–water partition coefficient (Wildman–Crippen LogP) is 1.14.